The van der Waals surface area contributed by atoms with Crippen LogP contribution in [0, 0.1) is 6.92 Å². The molecule has 0 N–H and O–H groups in total. The molecule has 0 aromatic carbocycles. The van der Waals surface area contributed by atoms with Crippen LogP contribution in [-0.2, 0) is 16.0 Å². The Hall–Kier alpha value is -1.16. The summed E-state index contributed by atoms with van der Waals surface area (Å²) < 4.78 is 5.16. The Morgan fingerprint density at radius 2 is 2.27 bits per heavy atom. The first-order valence-electron chi connectivity index (χ1n) is 4.78. The van der Waals surface area contributed by atoms with Crippen LogP contribution in [0.25, 0.3) is 0 Å². The van der Waals surface area contributed by atoms with Crippen LogP contribution in [0.15, 0.2) is 0 Å². The minimum Gasteiger partial charge on any atom is -0.456 e. The molecule has 1 aromatic rings. The molecule has 1 heterocycles. The van der Waals surface area contributed by atoms with Crippen molar-refractivity contribution in [2.24, 2.45) is 0 Å². The monoisotopic (exact) mass is 226 g/mol. The van der Waals surface area contributed by atoms with Crippen molar-refractivity contribution in [1.82, 2.24) is 9.97 Å². The van der Waals surface area contributed by atoms with Crippen molar-refractivity contribution < 1.29 is 9.53 Å². The standard InChI is InChI=1S/C10H11ClN2O2/c1-5-12-9-7(10(11)13-5)3-4-8(9)15-6(2)14/h8H,3-4H2,1-2H3. The van der Waals surface area contributed by atoms with Gasteiger partial charge in [0.15, 0.2) is 0 Å². The molecule has 0 spiro atoms. The second kappa shape index (κ2) is 3.77. The molecular weight excluding hydrogens is 216 g/mol. The Balaban J connectivity index is 2.37. The molecule has 4 nitrogen and oxygen atoms in total. The Morgan fingerprint density at radius 3 is 2.93 bits per heavy atom. The van der Waals surface area contributed by atoms with Gasteiger partial charge in [-0.1, -0.05) is 11.6 Å². The molecule has 0 bridgehead atoms. The quantitative estimate of drug-likeness (QED) is 0.543. The van der Waals surface area contributed by atoms with Gasteiger partial charge < -0.3 is 4.74 Å². The Bertz CT molecular complexity index is 420. The smallest absolute Gasteiger partial charge is 0.303 e. The molecular formula is C10H11ClN2O2. The lowest BCUT2D eigenvalue weighted by Gasteiger charge is -2.11. The maximum atomic E-state index is 10.9. The predicted octanol–water partition coefficient (Wildman–Crippen LogP) is 1.99. The summed E-state index contributed by atoms with van der Waals surface area (Å²) in [7, 11) is 0. The first kappa shape index (κ1) is 10.4. The van der Waals surface area contributed by atoms with Gasteiger partial charge in [0.25, 0.3) is 0 Å². The highest BCUT2D eigenvalue weighted by Crippen LogP contribution is 2.35. The van der Waals surface area contributed by atoms with Gasteiger partial charge in [0.1, 0.15) is 17.1 Å². The van der Waals surface area contributed by atoms with E-state index in [2.05, 4.69) is 9.97 Å². The summed E-state index contributed by atoms with van der Waals surface area (Å²) in [4.78, 5) is 19.2. The van der Waals surface area contributed by atoms with Crippen LogP contribution >= 0.6 is 11.6 Å². The number of fused-ring (bicyclic) bond motifs is 1. The lowest BCUT2D eigenvalue weighted by atomic mass is 10.2. The van der Waals surface area contributed by atoms with Gasteiger partial charge in [-0.05, 0) is 19.8 Å². The van der Waals surface area contributed by atoms with Crippen molar-refractivity contribution in [3.8, 4) is 0 Å². The number of carbonyl (C=O) groups is 1. The molecule has 1 aliphatic carbocycles. The van der Waals surface area contributed by atoms with Crippen LogP contribution in [0.3, 0.4) is 0 Å². The number of rotatable bonds is 1. The summed E-state index contributed by atoms with van der Waals surface area (Å²) in [5, 5.41) is 0.479. The number of hydrogen-bond acceptors (Lipinski definition) is 4. The summed E-state index contributed by atoms with van der Waals surface area (Å²) in [6, 6.07) is 0. The second-order valence-electron chi connectivity index (χ2n) is 3.56. The zero-order chi connectivity index (χ0) is 11.0. The Morgan fingerprint density at radius 1 is 1.53 bits per heavy atom. The summed E-state index contributed by atoms with van der Waals surface area (Å²) in [5.41, 5.74) is 1.68. The van der Waals surface area contributed by atoms with E-state index in [-0.39, 0.29) is 12.1 Å². The van der Waals surface area contributed by atoms with Gasteiger partial charge in [-0.15, -0.1) is 0 Å². The van der Waals surface area contributed by atoms with Gasteiger partial charge in [0, 0.05) is 12.5 Å². The molecule has 0 aliphatic heterocycles. The topological polar surface area (TPSA) is 52.1 Å². The minimum atomic E-state index is -0.291. The zero-order valence-electron chi connectivity index (χ0n) is 8.58. The van der Waals surface area contributed by atoms with E-state index >= 15 is 0 Å². The molecule has 0 saturated carbocycles. The number of hydrogen-bond donors (Lipinski definition) is 0. The number of aryl methyl sites for hydroxylation is 1. The van der Waals surface area contributed by atoms with E-state index in [9.17, 15) is 4.79 Å². The van der Waals surface area contributed by atoms with Gasteiger partial charge >= 0.3 is 5.97 Å². The van der Waals surface area contributed by atoms with Gasteiger partial charge in [-0.3, -0.25) is 4.79 Å². The number of aromatic nitrogens is 2. The average Bonchev–Trinajstić information content (AvgIpc) is 2.48. The van der Waals surface area contributed by atoms with Crippen molar-refractivity contribution >= 4 is 17.6 Å². The van der Waals surface area contributed by atoms with Crippen molar-refractivity contribution in [3.63, 3.8) is 0 Å². The molecule has 1 atom stereocenters. The molecule has 0 saturated heterocycles. The summed E-state index contributed by atoms with van der Waals surface area (Å²) in [6.07, 6.45) is 1.26. The van der Waals surface area contributed by atoms with E-state index in [1.165, 1.54) is 6.92 Å². The normalized spacial score (nSPS) is 18.7. The fourth-order valence-electron chi connectivity index (χ4n) is 1.81. The predicted molar refractivity (Wildman–Crippen MR) is 54.6 cm³/mol. The van der Waals surface area contributed by atoms with Crippen molar-refractivity contribution in [3.05, 3.63) is 22.2 Å². The SMILES string of the molecule is CC(=O)OC1CCc2c(Cl)nc(C)nc21. The third-order valence-corrected chi connectivity index (χ3v) is 2.68. The first-order valence-corrected chi connectivity index (χ1v) is 5.16. The van der Waals surface area contributed by atoms with Crippen LogP contribution in [0.4, 0.5) is 0 Å². The molecule has 1 aromatic heterocycles. The molecule has 1 unspecified atom stereocenters. The summed E-state index contributed by atoms with van der Waals surface area (Å²) >= 11 is 5.99. The highest BCUT2D eigenvalue weighted by molar-refractivity contribution is 6.30. The molecule has 0 fully saturated rings. The highest BCUT2D eigenvalue weighted by atomic mass is 35.5. The van der Waals surface area contributed by atoms with E-state index in [1.807, 2.05) is 0 Å². The number of carbonyl (C=O) groups excluding carboxylic acids is 1. The lowest BCUT2D eigenvalue weighted by molar-refractivity contribution is -0.146. The summed E-state index contributed by atoms with van der Waals surface area (Å²) in [5.74, 6) is 0.318. The van der Waals surface area contributed by atoms with E-state index in [1.54, 1.807) is 6.92 Å². The average molecular weight is 227 g/mol. The number of nitrogens with zero attached hydrogens (tertiary/aromatic N) is 2. The van der Waals surface area contributed by atoms with E-state index in [4.69, 9.17) is 16.3 Å². The van der Waals surface area contributed by atoms with E-state index in [0.717, 1.165) is 24.1 Å². The lowest BCUT2D eigenvalue weighted by Crippen LogP contribution is -2.08. The van der Waals surface area contributed by atoms with Gasteiger partial charge in [-0.25, -0.2) is 9.97 Å². The van der Waals surface area contributed by atoms with Crippen LogP contribution < -0.4 is 0 Å². The Labute approximate surface area is 92.6 Å². The van der Waals surface area contributed by atoms with Gasteiger partial charge in [0.05, 0.1) is 5.69 Å². The molecule has 0 amide bonds. The highest BCUT2D eigenvalue weighted by Gasteiger charge is 2.29. The Kier molecular flexibility index (Phi) is 2.61. The molecule has 5 heteroatoms. The number of esters is 1. The summed E-state index contributed by atoms with van der Waals surface area (Å²) in [6.45, 7) is 3.17. The van der Waals surface area contributed by atoms with Crippen LogP contribution in [0.1, 0.15) is 36.5 Å². The fraction of sp³-hybridized carbons (Fsp3) is 0.500. The number of halogens is 1. The molecule has 0 radical (unpaired) electrons. The third kappa shape index (κ3) is 1.95. The molecule has 2 rings (SSSR count). The fourth-order valence-corrected chi connectivity index (χ4v) is 2.12. The minimum absolute atomic E-state index is 0.253. The van der Waals surface area contributed by atoms with Gasteiger partial charge in [0.2, 0.25) is 0 Å². The maximum Gasteiger partial charge on any atom is 0.303 e. The maximum absolute atomic E-state index is 10.9. The first-order chi connectivity index (χ1) is 7.08. The zero-order valence-corrected chi connectivity index (χ0v) is 9.34. The second-order valence-corrected chi connectivity index (χ2v) is 3.92. The van der Waals surface area contributed by atoms with Crippen LogP contribution in [0.2, 0.25) is 5.15 Å². The third-order valence-electron chi connectivity index (χ3n) is 2.37. The van der Waals surface area contributed by atoms with Crippen molar-refractivity contribution in [2.45, 2.75) is 32.8 Å². The largest absolute Gasteiger partial charge is 0.456 e. The molecule has 15 heavy (non-hydrogen) atoms. The van der Waals surface area contributed by atoms with Gasteiger partial charge in [-0.2, -0.15) is 0 Å². The number of ether oxygens (including phenoxy) is 1. The van der Waals surface area contributed by atoms with E-state index < -0.39 is 0 Å². The molecule has 1 aliphatic rings. The van der Waals surface area contributed by atoms with Crippen LogP contribution in [-0.4, -0.2) is 15.9 Å². The van der Waals surface area contributed by atoms with Crippen molar-refractivity contribution in [1.29, 1.82) is 0 Å². The van der Waals surface area contributed by atoms with Crippen LogP contribution in [0.5, 0.6) is 0 Å². The van der Waals surface area contributed by atoms with Crippen molar-refractivity contribution in [2.75, 3.05) is 0 Å². The molecule has 80 valence electrons. The van der Waals surface area contributed by atoms with E-state index in [0.29, 0.717) is 11.0 Å².